The lowest BCUT2D eigenvalue weighted by molar-refractivity contribution is 0.0551. The number of fused-ring (bicyclic) bond motifs is 3. The van der Waals surface area contributed by atoms with E-state index in [9.17, 15) is 5.11 Å². The molecule has 2 radical (unpaired) electrons. The zero-order chi connectivity index (χ0) is 15.0. The van der Waals surface area contributed by atoms with Crippen LogP contribution in [0.2, 0.25) is 0 Å². The Labute approximate surface area is 133 Å². The lowest BCUT2D eigenvalue weighted by Crippen LogP contribution is -2.21. The molecule has 21 heavy (non-hydrogen) atoms. The topological polar surface area (TPSA) is 34.4 Å². The van der Waals surface area contributed by atoms with Crippen molar-refractivity contribution in [3.8, 4) is 0 Å². The average Bonchev–Trinajstić information content (AvgIpc) is 2.72. The average molecular weight is 344 g/mol. The molecule has 3 aromatic rings. The molecule has 1 N–H and O–H groups in total. The van der Waals surface area contributed by atoms with Crippen LogP contribution in [0.15, 0.2) is 40.9 Å². The van der Waals surface area contributed by atoms with Crippen molar-refractivity contribution in [1.82, 2.24) is 4.57 Å². The second-order valence-corrected chi connectivity index (χ2v) is 6.07. The van der Waals surface area contributed by atoms with E-state index in [1.165, 1.54) is 0 Å². The van der Waals surface area contributed by atoms with E-state index >= 15 is 0 Å². The molecule has 0 aliphatic rings. The molecule has 3 nitrogen and oxygen atoms in total. The fraction of sp³-hybridized carbons (Fsp3) is 0.250. The molecule has 0 bridgehead atoms. The molecule has 0 spiro atoms. The Morgan fingerprint density at radius 1 is 1.19 bits per heavy atom. The summed E-state index contributed by atoms with van der Waals surface area (Å²) in [4.78, 5) is 0. The molecule has 0 aliphatic heterocycles. The van der Waals surface area contributed by atoms with E-state index in [-0.39, 0.29) is 0 Å². The Morgan fingerprint density at radius 3 is 2.57 bits per heavy atom. The Bertz CT molecular complexity index is 740. The molecule has 5 heteroatoms. The molecule has 3 rings (SSSR count). The maximum Gasteiger partial charge on any atom is 0.113 e. The molecular formula is C16H15BBrNO2. The quantitative estimate of drug-likeness (QED) is 0.738. The van der Waals surface area contributed by atoms with Gasteiger partial charge in [-0.25, -0.2) is 0 Å². The number of hydrogen-bond acceptors (Lipinski definition) is 2. The molecule has 0 amide bonds. The van der Waals surface area contributed by atoms with Crippen LogP contribution in [0.5, 0.6) is 0 Å². The lowest BCUT2D eigenvalue weighted by atomic mass is 9.94. The third-order valence-electron chi connectivity index (χ3n) is 3.60. The first-order valence-electron chi connectivity index (χ1n) is 6.74. The summed E-state index contributed by atoms with van der Waals surface area (Å²) in [5, 5.41) is 12.3. The first-order chi connectivity index (χ1) is 10.1. The van der Waals surface area contributed by atoms with E-state index in [2.05, 4.69) is 32.6 Å². The number of methoxy groups -OCH3 is 1. The SMILES string of the molecule is [B]c1ccc2c(c1)c1cc(Br)ccc1n2CC(O)COC. The molecule has 0 saturated heterocycles. The first kappa shape index (κ1) is 14.6. The summed E-state index contributed by atoms with van der Waals surface area (Å²) in [6.45, 7) is 0.798. The predicted octanol–water partition coefficient (Wildman–Crippen LogP) is 2.36. The zero-order valence-corrected chi connectivity index (χ0v) is 13.3. The van der Waals surface area contributed by atoms with Gasteiger partial charge in [0.2, 0.25) is 0 Å². The van der Waals surface area contributed by atoms with Gasteiger partial charge in [0, 0.05) is 33.4 Å². The second kappa shape index (κ2) is 5.83. The van der Waals surface area contributed by atoms with Crippen molar-refractivity contribution < 1.29 is 9.84 Å². The van der Waals surface area contributed by atoms with Crippen LogP contribution in [0.25, 0.3) is 21.8 Å². The van der Waals surface area contributed by atoms with E-state index < -0.39 is 6.10 Å². The molecule has 0 saturated carbocycles. The number of aliphatic hydroxyl groups excluding tert-OH is 1. The van der Waals surface area contributed by atoms with Gasteiger partial charge >= 0.3 is 0 Å². The Morgan fingerprint density at radius 2 is 1.86 bits per heavy atom. The van der Waals surface area contributed by atoms with Crippen molar-refractivity contribution in [2.24, 2.45) is 0 Å². The van der Waals surface area contributed by atoms with Crippen molar-refractivity contribution in [2.75, 3.05) is 13.7 Å². The van der Waals surface area contributed by atoms with E-state index in [0.29, 0.717) is 13.2 Å². The van der Waals surface area contributed by atoms with Crippen LogP contribution in [-0.4, -0.2) is 37.3 Å². The minimum atomic E-state index is -0.546. The van der Waals surface area contributed by atoms with Crippen LogP contribution >= 0.6 is 15.9 Å². The Hall–Kier alpha value is -1.30. The van der Waals surface area contributed by atoms with E-state index in [1.807, 2.05) is 24.3 Å². The van der Waals surface area contributed by atoms with Crippen molar-refractivity contribution in [1.29, 1.82) is 0 Å². The molecular weight excluding hydrogens is 329 g/mol. The van der Waals surface area contributed by atoms with Crippen molar-refractivity contribution in [3.05, 3.63) is 40.9 Å². The minimum absolute atomic E-state index is 0.312. The third-order valence-corrected chi connectivity index (χ3v) is 4.10. The smallest absolute Gasteiger partial charge is 0.113 e. The van der Waals surface area contributed by atoms with Gasteiger partial charge in [-0.3, -0.25) is 0 Å². The minimum Gasteiger partial charge on any atom is -0.389 e. The number of nitrogens with zero attached hydrogens (tertiary/aromatic N) is 1. The standard InChI is InChI=1S/C16H15BBrNO2/c1-21-9-12(20)8-19-15-4-2-10(17)6-13(15)14-7-11(18)3-5-16(14)19/h2-7,12,20H,8-9H2,1H3. The molecule has 0 aliphatic carbocycles. The zero-order valence-electron chi connectivity index (χ0n) is 11.7. The number of halogens is 1. The summed E-state index contributed by atoms with van der Waals surface area (Å²) in [5.41, 5.74) is 2.88. The molecule has 0 fully saturated rings. The van der Waals surface area contributed by atoms with Gasteiger partial charge < -0.3 is 14.4 Å². The maximum atomic E-state index is 10.1. The monoisotopic (exact) mass is 343 g/mol. The summed E-state index contributed by atoms with van der Waals surface area (Å²) in [5.74, 6) is 0. The Kier molecular flexibility index (Phi) is 4.06. The highest BCUT2D eigenvalue weighted by atomic mass is 79.9. The fourth-order valence-corrected chi connectivity index (χ4v) is 3.11. The summed E-state index contributed by atoms with van der Waals surface area (Å²) < 4.78 is 8.16. The molecule has 1 aromatic heterocycles. The highest BCUT2D eigenvalue weighted by Gasteiger charge is 2.14. The Balaban J connectivity index is 2.24. The highest BCUT2D eigenvalue weighted by molar-refractivity contribution is 9.10. The highest BCUT2D eigenvalue weighted by Crippen LogP contribution is 2.30. The number of rotatable bonds is 4. The van der Waals surface area contributed by atoms with Crippen molar-refractivity contribution in [2.45, 2.75) is 12.6 Å². The van der Waals surface area contributed by atoms with Gasteiger partial charge in [0.1, 0.15) is 7.85 Å². The molecule has 106 valence electrons. The van der Waals surface area contributed by atoms with Crippen LogP contribution in [0, 0.1) is 0 Å². The van der Waals surface area contributed by atoms with Gasteiger partial charge in [0.25, 0.3) is 0 Å². The van der Waals surface area contributed by atoms with Crippen molar-refractivity contribution in [3.63, 3.8) is 0 Å². The summed E-state index contributed by atoms with van der Waals surface area (Å²) in [6.07, 6.45) is -0.546. The normalized spacial score (nSPS) is 13.1. The molecule has 1 atom stereocenters. The van der Waals surface area contributed by atoms with Crippen LogP contribution in [0.4, 0.5) is 0 Å². The van der Waals surface area contributed by atoms with Gasteiger partial charge in [-0.2, -0.15) is 0 Å². The number of benzene rings is 2. The third kappa shape index (κ3) is 2.73. The molecule has 1 heterocycles. The van der Waals surface area contributed by atoms with Crippen LogP contribution < -0.4 is 5.46 Å². The van der Waals surface area contributed by atoms with Crippen LogP contribution in [0.1, 0.15) is 0 Å². The molecule has 1 unspecified atom stereocenters. The van der Waals surface area contributed by atoms with Gasteiger partial charge in [-0.15, -0.1) is 0 Å². The van der Waals surface area contributed by atoms with E-state index in [4.69, 9.17) is 12.6 Å². The molecule has 2 aromatic carbocycles. The summed E-state index contributed by atoms with van der Waals surface area (Å²) >= 11 is 3.51. The van der Waals surface area contributed by atoms with Gasteiger partial charge in [-0.05, 0) is 24.3 Å². The predicted molar refractivity (Wildman–Crippen MR) is 90.4 cm³/mol. The number of hydrogen-bond donors (Lipinski definition) is 1. The maximum absolute atomic E-state index is 10.1. The lowest BCUT2D eigenvalue weighted by Gasteiger charge is -2.13. The number of aromatic nitrogens is 1. The summed E-state index contributed by atoms with van der Waals surface area (Å²) in [7, 11) is 7.51. The first-order valence-corrected chi connectivity index (χ1v) is 7.53. The number of ether oxygens (including phenoxy) is 1. The summed E-state index contributed by atoms with van der Waals surface area (Å²) in [6, 6.07) is 12.0. The van der Waals surface area contributed by atoms with Crippen molar-refractivity contribution >= 4 is 51.0 Å². The van der Waals surface area contributed by atoms with E-state index in [1.54, 1.807) is 7.11 Å². The fourth-order valence-electron chi connectivity index (χ4n) is 2.75. The van der Waals surface area contributed by atoms with Gasteiger partial charge in [0.05, 0.1) is 19.3 Å². The largest absolute Gasteiger partial charge is 0.389 e. The number of aliphatic hydroxyl groups is 1. The van der Waals surface area contributed by atoms with Gasteiger partial charge in [0.15, 0.2) is 0 Å². The van der Waals surface area contributed by atoms with Crippen LogP contribution in [-0.2, 0) is 11.3 Å². The van der Waals surface area contributed by atoms with Crippen LogP contribution in [0.3, 0.4) is 0 Å². The van der Waals surface area contributed by atoms with E-state index in [0.717, 1.165) is 31.7 Å². The van der Waals surface area contributed by atoms with Gasteiger partial charge in [-0.1, -0.05) is 33.5 Å². The second-order valence-electron chi connectivity index (χ2n) is 5.16.